The first-order chi connectivity index (χ1) is 59.2. The van der Waals surface area contributed by atoms with Gasteiger partial charge in [0.05, 0.1) is 36.9 Å². The largest absolute Gasteiger partial charge is 0.477 e. The Labute approximate surface area is 766 Å². The number of benzene rings is 7. The van der Waals surface area contributed by atoms with Gasteiger partial charge in [-0.2, -0.15) is 5.48 Å². The molecule has 13 N–H and O–H groups in total. The number of aliphatic hydroxyl groups excluding tert-OH is 4. The van der Waals surface area contributed by atoms with Crippen LogP contribution in [0.15, 0.2) is 140 Å². The smallest absolute Gasteiger partial charge is 0.280 e. The van der Waals surface area contributed by atoms with Crippen LogP contribution in [0.3, 0.4) is 0 Å². The Hall–Kier alpha value is -5.77. The second-order valence-corrected chi connectivity index (χ2v) is 38.7. The molecule has 0 spiro atoms. The lowest BCUT2D eigenvalue weighted by atomic mass is 9.83. The predicted octanol–water partition coefficient (Wildman–Crippen LogP) is 20.5. The van der Waals surface area contributed by atoms with Crippen molar-refractivity contribution in [3.63, 3.8) is 0 Å². The molecule has 127 heavy (non-hydrogen) atoms. The van der Waals surface area contributed by atoms with E-state index in [0.29, 0.717) is 50.8 Å². The first-order valence-corrected chi connectivity index (χ1v) is 44.1. The zero-order chi connectivity index (χ0) is 94.2. The van der Waals surface area contributed by atoms with Crippen LogP contribution in [0.4, 0.5) is 87.8 Å². The van der Waals surface area contributed by atoms with E-state index in [2.05, 4.69) is 116 Å². The number of hydrogen-bond donors (Lipinski definition) is 9. The Morgan fingerprint density at radius 3 is 1.03 bits per heavy atom. The number of nitrogens with two attached hydrogens (primary N) is 4. The van der Waals surface area contributed by atoms with Gasteiger partial charge in [0.15, 0.2) is 17.2 Å². The minimum atomic E-state index is -2.94. The molecule has 0 bridgehead atoms. The van der Waals surface area contributed by atoms with Crippen LogP contribution in [0.2, 0.25) is 0 Å². The van der Waals surface area contributed by atoms with E-state index in [1.807, 2.05) is 0 Å². The summed E-state index contributed by atoms with van der Waals surface area (Å²) in [5.41, 5.74) is 13.7. The minimum absolute atomic E-state index is 0.00556. The number of alkyl halides is 14. The highest BCUT2D eigenvalue weighted by atomic mass is 79.9. The van der Waals surface area contributed by atoms with Crippen LogP contribution in [0.5, 0.6) is 0 Å². The first-order valence-electron chi connectivity index (χ1n) is 39.3. The van der Waals surface area contributed by atoms with Crippen molar-refractivity contribution in [3.05, 3.63) is 237 Å². The fourth-order valence-electron chi connectivity index (χ4n) is 16.3. The van der Waals surface area contributed by atoms with Gasteiger partial charge in [-0.15, -0.1) is 0 Å². The zero-order valence-corrected chi connectivity index (χ0v) is 77.1. The van der Waals surface area contributed by atoms with E-state index >= 15 is 0 Å². The van der Waals surface area contributed by atoms with Crippen LogP contribution in [0.25, 0.3) is 0 Å². The average Bonchev–Trinajstić information content (AvgIpc) is 1.55. The minimum Gasteiger partial charge on any atom is -0.477 e. The quantitative estimate of drug-likeness (QED) is 0.0254. The number of rotatable bonds is 20. The van der Waals surface area contributed by atoms with Crippen LogP contribution in [0, 0.1) is 118 Å². The van der Waals surface area contributed by atoms with Gasteiger partial charge in [-0.1, -0.05) is 131 Å². The van der Waals surface area contributed by atoms with Crippen molar-refractivity contribution in [1.29, 1.82) is 0 Å². The molecule has 7 aromatic rings. The van der Waals surface area contributed by atoms with Gasteiger partial charge in [0.1, 0.15) is 80.5 Å². The highest BCUT2D eigenvalue weighted by molar-refractivity contribution is 9.11. The van der Waals surface area contributed by atoms with E-state index in [1.54, 1.807) is 43.3 Å². The van der Waals surface area contributed by atoms with Crippen molar-refractivity contribution in [3.8, 4) is 0 Å². The van der Waals surface area contributed by atoms with Gasteiger partial charge in [-0.25, -0.2) is 92.8 Å². The van der Waals surface area contributed by atoms with Crippen LogP contribution < -0.4 is 28.4 Å². The number of nitrogens with zero attached hydrogens (tertiary/aromatic N) is 2. The summed E-state index contributed by atoms with van der Waals surface area (Å²) in [6, 6.07) is 25.4. The lowest BCUT2D eigenvalue weighted by Gasteiger charge is -2.34. The van der Waals surface area contributed by atoms with Gasteiger partial charge in [0.2, 0.25) is 0 Å². The average molecular weight is 2200 g/mol. The molecule has 7 saturated carbocycles. The molecular weight excluding hydrogens is 2120 g/mol. The summed E-state index contributed by atoms with van der Waals surface area (Å²) in [6.07, 6.45) is -22.0. The summed E-state index contributed by atoms with van der Waals surface area (Å²) in [7, 11) is 0. The molecule has 0 amide bonds. The number of hydrogen-bond acceptors (Lipinski definition) is 15. The Morgan fingerprint density at radius 1 is 0.441 bits per heavy atom. The van der Waals surface area contributed by atoms with Crippen molar-refractivity contribution in [1.82, 2.24) is 5.48 Å². The van der Waals surface area contributed by atoms with E-state index < -0.39 is 173 Å². The molecule has 15 nitrogen and oxygen atoms in total. The van der Waals surface area contributed by atoms with E-state index in [0.717, 1.165) is 6.42 Å². The molecule has 6 unspecified atom stereocenters. The Kier molecular flexibility index (Phi) is 31.6. The lowest BCUT2D eigenvalue weighted by Crippen LogP contribution is -2.48. The SMILES string of the molecule is Cc1cc(Br)cc([C@@](N)(C(F)F)[C@@H]2C[C@@H]2O)c1F.Cc1cc(Br)cc([C@@]2(C(F)F)N=C(CC(=O)c3ccccc3)OC3C[C@@H]32)c1F.Cc1cc(Br)cc([C@@]2(C(F)F)NOC3C[C@@H]32)c1F.Cc1cc(Br)cc([C@](N)(C(F)F)[C@H]2CC2O)c1F.Cc1cc(Br)cc([C@](N)(C(F)F)[C@H]2CC2O)c1F.Cc1cc(Br)cc([C@](N)(C(F)F)[C@H]2C[C@H]2O)c1F.FC(F)C1=NOC2CC12. The predicted molar refractivity (Wildman–Crippen MR) is 451 cm³/mol. The van der Waals surface area contributed by atoms with Gasteiger partial charge < -0.3 is 52.9 Å². The number of hydroxylamine groups is 1. The summed E-state index contributed by atoms with van der Waals surface area (Å²) < 4.78 is 279. The molecule has 17 rings (SSSR count). The third-order valence-corrected chi connectivity index (χ3v) is 27.0. The number of ketones is 1. The second kappa shape index (κ2) is 39.4. The van der Waals surface area contributed by atoms with Crippen LogP contribution >= 0.6 is 95.6 Å². The summed E-state index contributed by atoms with van der Waals surface area (Å²) in [6.45, 7) is 9.02. The van der Waals surface area contributed by atoms with Gasteiger partial charge in [-0.05, 0) is 193 Å². The number of fused-ring (bicyclic) bond motifs is 3. The lowest BCUT2D eigenvalue weighted by molar-refractivity contribution is -0.0567. The Balaban J connectivity index is 0.000000146. The number of Topliss-reactive ketones (excluding diaryl/α,β-unsaturated/α-hetero) is 1. The highest BCUT2D eigenvalue weighted by Gasteiger charge is 2.68. The maximum atomic E-state index is 14.9. The van der Waals surface area contributed by atoms with Gasteiger partial charge >= 0.3 is 0 Å². The third kappa shape index (κ3) is 20.8. The summed E-state index contributed by atoms with van der Waals surface area (Å²) >= 11 is 19.1. The monoisotopic (exact) mass is 2200 g/mol. The fourth-order valence-corrected chi connectivity index (χ4v) is 19.7. The molecule has 7 aromatic carbocycles. The van der Waals surface area contributed by atoms with Gasteiger partial charge in [0, 0.05) is 107 Å². The van der Waals surface area contributed by atoms with Crippen molar-refractivity contribution in [2.24, 2.45) is 74.5 Å². The fraction of sp³-hybridized carbons (Fsp3) is 0.477. The molecule has 8 fully saturated rings. The molecule has 3 heterocycles. The van der Waals surface area contributed by atoms with Crippen LogP contribution in [-0.4, -0.2) is 126 Å². The van der Waals surface area contributed by atoms with Crippen molar-refractivity contribution >= 4 is 113 Å². The van der Waals surface area contributed by atoms with Crippen LogP contribution in [0.1, 0.15) is 128 Å². The summed E-state index contributed by atoms with van der Waals surface area (Å²) in [5, 5.41) is 40.6. The Bertz CT molecular complexity index is 4950. The van der Waals surface area contributed by atoms with Crippen molar-refractivity contribution in [2.45, 2.75) is 214 Å². The molecule has 41 heteroatoms. The van der Waals surface area contributed by atoms with Crippen molar-refractivity contribution < 1.29 is 127 Å². The number of halogens is 26. The number of nitrogens with one attached hydrogen (secondary N) is 1. The maximum Gasteiger partial charge on any atom is 0.280 e. The van der Waals surface area contributed by atoms with E-state index in [9.17, 15) is 113 Å². The highest BCUT2D eigenvalue weighted by Crippen LogP contribution is 2.60. The number of aryl methyl sites for hydroxylation is 6. The van der Waals surface area contributed by atoms with Gasteiger partial charge in [-0.3, -0.25) is 9.63 Å². The summed E-state index contributed by atoms with van der Waals surface area (Å²) in [4.78, 5) is 26.4. The number of aliphatic imine (C=N–C) groups is 1. The van der Waals surface area contributed by atoms with E-state index in [-0.39, 0.29) is 135 Å². The first kappa shape index (κ1) is 102. The number of oxime groups is 1. The Morgan fingerprint density at radius 2 is 0.764 bits per heavy atom. The normalized spacial score (nSPS) is 28.0. The molecular formula is C86H85Br6F20N7O8. The molecule has 694 valence electrons. The molecule has 1 saturated heterocycles. The molecule has 7 aliphatic carbocycles. The zero-order valence-electron chi connectivity index (χ0n) is 67.5. The third-order valence-electron chi connectivity index (χ3n) is 24.3. The molecule has 0 radical (unpaired) electrons. The van der Waals surface area contributed by atoms with Crippen molar-refractivity contribution in [2.75, 3.05) is 0 Å². The number of aliphatic hydroxyl groups is 4. The maximum absolute atomic E-state index is 14.9. The topological polar surface area (TPSA) is 267 Å². The van der Waals surface area contributed by atoms with Gasteiger partial charge in [0.25, 0.3) is 45.0 Å². The number of carbonyl (C=O) groups excluding carboxylic acids is 1. The number of ether oxygens (including phenoxy) is 1. The molecule has 10 aliphatic rings. The molecule has 3 aliphatic heterocycles. The number of carbonyl (C=O) groups is 1. The van der Waals surface area contributed by atoms with Crippen LogP contribution in [-0.2, 0) is 47.6 Å². The van der Waals surface area contributed by atoms with E-state index in [1.165, 1.54) is 101 Å². The second-order valence-electron chi connectivity index (χ2n) is 33.2. The standard InChI is InChI=1S/C21H17BrF3NO2.C12H11BrF3NO.4C12H13BrF3NO.C5H5F2NO/c1-11-7-13(22)8-15(19(11)23)21(20(24)25)14-9-17(14)28-18(26-21)10-16(27)12-5-3-2-4-6-12;1-5-2-6(13)3-8(10(5)14)12(11(15)16)7-4-9(7)18-17-12;4*1-5-2-6(13)3-8(10(5)14)12(17,11(15)16)7-4-9(7)18;6-5(7)4-2-1-3(2)9-8-4/h2-8,14,17,20H,9-10H2,1H3;2-3,7,9,11,17H,4H2,1H3;4*2-3,7,9,11,18H,4,17H2,1H3;2-3,5H,1H2/t14-,17?,21-;3*7-,9?,12-;2*7-,9+,12-;/m000010./s1. The molecule has 20 atom stereocenters. The molecule has 0 aromatic heterocycles. The van der Waals surface area contributed by atoms with E-state index in [4.69, 9.17) is 32.5 Å². The summed E-state index contributed by atoms with van der Waals surface area (Å²) in [5.74, 6) is -8.84.